The summed E-state index contributed by atoms with van der Waals surface area (Å²) in [6.07, 6.45) is 3.69. The summed E-state index contributed by atoms with van der Waals surface area (Å²) in [5.74, 6) is -0.937. The molecule has 1 amide bonds. The molecule has 1 aliphatic rings. The average Bonchev–Trinajstić information content (AvgIpc) is 3.34. The molecular weight excluding hydrogens is 607 g/mol. The second-order valence-electron chi connectivity index (χ2n) is 10.9. The summed E-state index contributed by atoms with van der Waals surface area (Å²) in [6.45, 7) is 4.55. The largest absolute Gasteiger partial charge is 0.350 e. The highest BCUT2D eigenvalue weighted by Gasteiger charge is 2.24. The number of fused-ring (bicyclic) bond motifs is 1. The molecule has 0 unspecified atom stereocenters. The fourth-order valence-electron chi connectivity index (χ4n) is 5.38. The molecule has 0 radical (unpaired) electrons. The third kappa shape index (κ3) is 6.52. The highest BCUT2D eigenvalue weighted by Crippen LogP contribution is 2.39. The molecule has 0 saturated carbocycles. The number of carbonyl (C=O) groups excluding carboxylic acids is 1. The van der Waals surface area contributed by atoms with Crippen LogP contribution in [-0.4, -0.2) is 38.5 Å². The van der Waals surface area contributed by atoms with Crippen LogP contribution in [0.2, 0.25) is 10.0 Å². The number of imidazole rings is 1. The predicted octanol–water partition coefficient (Wildman–Crippen LogP) is 7.25. The Hall–Kier alpha value is -4.12. The Morgan fingerprint density at radius 1 is 1.07 bits per heavy atom. The van der Waals surface area contributed by atoms with Gasteiger partial charge >= 0.3 is 0 Å². The lowest BCUT2D eigenvalue weighted by molar-refractivity contribution is 0.102. The van der Waals surface area contributed by atoms with E-state index in [2.05, 4.69) is 20.9 Å². The number of aromatic nitrogens is 4. The smallest absolute Gasteiger partial charge is 0.255 e. The van der Waals surface area contributed by atoms with Gasteiger partial charge in [0.25, 0.3) is 5.91 Å². The van der Waals surface area contributed by atoms with Gasteiger partial charge in [0.15, 0.2) is 17.3 Å². The molecule has 5 aromatic rings. The van der Waals surface area contributed by atoms with E-state index in [0.29, 0.717) is 67.8 Å². The zero-order valence-corrected chi connectivity index (χ0v) is 25.3. The maximum atomic E-state index is 13.7. The Labute approximate surface area is 262 Å². The number of carbonyl (C=O) groups is 1. The average molecular weight is 637 g/mol. The summed E-state index contributed by atoms with van der Waals surface area (Å²) >= 11 is 13.7. The van der Waals surface area contributed by atoms with E-state index in [1.54, 1.807) is 30.5 Å². The van der Waals surface area contributed by atoms with Gasteiger partial charge in [-0.3, -0.25) is 4.79 Å². The number of nitrogens with one attached hydrogen (secondary N) is 3. The molecule has 3 N–H and O–H groups in total. The quantitative estimate of drug-likeness (QED) is 0.166. The van der Waals surface area contributed by atoms with E-state index in [4.69, 9.17) is 33.2 Å². The first-order valence-electron chi connectivity index (χ1n) is 14.2. The maximum absolute atomic E-state index is 13.7. The number of nitrogens with zero attached hydrogens (tertiary/aromatic N) is 4. The van der Waals surface area contributed by atoms with E-state index < -0.39 is 11.6 Å². The molecule has 6 rings (SSSR count). The van der Waals surface area contributed by atoms with Gasteiger partial charge in [-0.25, -0.2) is 18.7 Å². The molecule has 1 atom stereocenters. The Kier molecular flexibility index (Phi) is 8.74. The molecule has 0 bridgehead atoms. The van der Waals surface area contributed by atoms with Gasteiger partial charge in [0.2, 0.25) is 5.95 Å². The van der Waals surface area contributed by atoms with Gasteiger partial charge in [-0.15, -0.1) is 0 Å². The van der Waals surface area contributed by atoms with Gasteiger partial charge in [0.1, 0.15) is 11.3 Å². The molecule has 1 fully saturated rings. The summed E-state index contributed by atoms with van der Waals surface area (Å²) in [6, 6.07) is 14.3. The molecule has 1 saturated heterocycles. The van der Waals surface area contributed by atoms with Crippen LogP contribution < -0.4 is 16.0 Å². The first kappa shape index (κ1) is 29.9. The van der Waals surface area contributed by atoms with Gasteiger partial charge in [-0.2, -0.15) is 4.98 Å². The number of hydrogen-bond donors (Lipinski definition) is 3. The van der Waals surface area contributed by atoms with Crippen LogP contribution in [0.15, 0.2) is 60.8 Å². The van der Waals surface area contributed by atoms with Gasteiger partial charge in [0.05, 0.1) is 21.8 Å². The van der Waals surface area contributed by atoms with Gasteiger partial charge in [0, 0.05) is 24.3 Å². The van der Waals surface area contributed by atoms with Gasteiger partial charge in [-0.1, -0.05) is 47.0 Å². The Morgan fingerprint density at radius 3 is 2.61 bits per heavy atom. The first-order valence-corrected chi connectivity index (χ1v) is 15.0. The van der Waals surface area contributed by atoms with E-state index in [0.717, 1.165) is 43.6 Å². The Morgan fingerprint density at radius 2 is 1.89 bits per heavy atom. The van der Waals surface area contributed by atoms with Crippen molar-refractivity contribution in [2.75, 3.05) is 23.7 Å². The zero-order valence-electron chi connectivity index (χ0n) is 23.8. The van der Waals surface area contributed by atoms with Crippen LogP contribution in [0.4, 0.5) is 20.4 Å². The monoisotopic (exact) mass is 635 g/mol. The van der Waals surface area contributed by atoms with Crippen molar-refractivity contribution in [2.45, 2.75) is 32.9 Å². The maximum Gasteiger partial charge on any atom is 0.255 e. The topological polar surface area (TPSA) is 96.8 Å². The van der Waals surface area contributed by atoms with Crippen LogP contribution in [0.1, 0.15) is 34.3 Å². The number of rotatable bonds is 8. The Bertz CT molecular complexity index is 1830. The lowest BCUT2D eigenvalue weighted by Crippen LogP contribution is -2.32. The van der Waals surface area contributed by atoms with Crippen molar-refractivity contribution in [1.29, 1.82) is 0 Å². The normalized spacial score (nSPS) is 15.0. The number of hydrogen-bond acceptors (Lipinski definition) is 6. The van der Waals surface area contributed by atoms with Crippen molar-refractivity contribution in [3.8, 4) is 11.4 Å². The number of benzene rings is 3. The number of halogens is 4. The summed E-state index contributed by atoms with van der Waals surface area (Å²) < 4.78 is 29.1. The number of amides is 1. The standard InChI is InChI=1S/C32H29Cl2F2N7O/c1-18-4-2-6-21(10-18)31(44)40-22-12-23(33)28(24(34)13-22)30-41-27-16-39-32(38-15-19-7-8-25(35)26(36)11-19)42-29(27)43(30)17-20-5-3-9-37-14-20/h2,4,6-8,10-13,16,20,37H,3,5,9,14-15,17H2,1H3,(H,40,44)(H,38,39,42)/t20-/m1/s1. The third-order valence-corrected chi connectivity index (χ3v) is 8.16. The van der Waals surface area contributed by atoms with Crippen molar-refractivity contribution in [2.24, 2.45) is 5.92 Å². The highest BCUT2D eigenvalue weighted by molar-refractivity contribution is 6.39. The van der Waals surface area contributed by atoms with Crippen LogP contribution in [0.25, 0.3) is 22.6 Å². The van der Waals surface area contributed by atoms with E-state index in [1.165, 1.54) is 6.07 Å². The number of anilines is 2. The molecule has 0 aliphatic carbocycles. The van der Waals surface area contributed by atoms with Crippen LogP contribution >= 0.6 is 23.2 Å². The number of aryl methyl sites for hydroxylation is 1. The molecule has 3 heterocycles. The molecule has 3 aromatic carbocycles. The lowest BCUT2D eigenvalue weighted by Gasteiger charge is -2.24. The molecule has 44 heavy (non-hydrogen) atoms. The fourth-order valence-corrected chi connectivity index (χ4v) is 6.04. The molecule has 12 heteroatoms. The predicted molar refractivity (Wildman–Crippen MR) is 169 cm³/mol. The second-order valence-corrected chi connectivity index (χ2v) is 11.7. The fraction of sp³-hybridized carbons (Fsp3) is 0.250. The highest BCUT2D eigenvalue weighted by atomic mass is 35.5. The molecule has 1 aliphatic heterocycles. The van der Waals surface area contributed by atoms with Crippen molar-refractivity contribution < 1.29 is 13.6 Å². The first-order chi connectivity index (χ1) is 21.2. The van der Waals surface area contributed by atoms with Crippen molar-refractivity contribution in [3.63, 3.8) is 0 Å². The third-order valence-electron chi connectivity index (χ3n) is 7.57. The van der Waals surface area contributed by atoms with Gasteiger partial charge < -0.3 is 20.5 Å². The lowest BCUT2D eigenvalue weighted by atomic mass is 9.99. The van der Waals surface area contributed by atoms with Crippen molar-refractivity contribution >= 4 is 51.9 Å². The van der Waals surface area contributed by atoms with E-state index in [9.17, 15) is 13.6 Å². The minimum atomic E-state index is -0.918. The summed E-state index contributed by atoms with van der Waals surface area (Å²) in [5.41, 5.74) is 4.14. The minimum absolute atomic E-state index is 0.198. The molecule has 0 spiro atoms. The second kappa shape index (κ2) is 12.9. The summed E-state index contributed by atoms with van der Waals surface area (Å²) in [5, 5.41) is 10.1. The Balaban J connectivity index is 1.34. The summed E-state index contributed by atoms with van der Waals surface area (Å²) in [4.78, 5) is 26.8. The molecule has 226 valence electrons. The van der Waals surface area contributed by atoms with Crippen LogP contribution in [0.3, 0.4) is 0 Å². The SMILES string of the molecule is Cc1cccc(C(=O)Nc2cc(Cl)c(-c3nc4cnc(NCc5ccc(F)c(F)c5)nc4n3C[C@@H]3CCCNC3)c(Cl)c2)c1. The summed E-state index contributed by atoms with van der Waals surface area (Å²) in [7, 11) is 0. The van der Waals surface area contributed by atoms with Gasteiger partial charge in [-0.05, 0) is 80.7 Å². The van der Waals surface area contributed by atoms with Crippen molar-refractivity contribution in [3.05, 3.63) is 99.2 Å². The van der Waals surface area contributed by atoms with E-state index in [1.807, 2.05) is 23.6 Å². The van der Waals surface area contributed by atoms with Crippen LogP contribution in [0, 0.1) is 24.5 Å². The van der Waals surface area contributed by atoms with E-state index >= 15 is 0 Å². The molecule has 2 aromatic heterocycles. The van der Waals surface area contributed by atoms with Crippen LogP contribution in [-0.2, 0) is 13.1 Å². The minimum Gasteiger partial charge on any atom is -0.350 e. The number of piperidine rings is 1. The van der Waals surface area contributed by atoms with Crippen molar-refractivity contribution in [1.82, 2.24) is 24.8 Å². The molecule has 8 nitrogen and oxygen atoms in total. The van der Waals surface area contributed by atoms with E-state index in [-0.39, 0.29) is 12.5 Å². The van der Waals surface area contributed by atoms with Crippen LogP contribution in [0.5, 0.6) is 0 Å². The zero-order chi connectivity index (χ0) is 30.8. The molecular formula is C32H29Cl2F2N7O.